The highest BCUT2D eigenvalue weighted by molar-refractivity contribution is 5.78. The number of nitrogens with zero attached hydrogens (tertiary/aromatic N) is 1. The summed E-state index contributed by atoms with van der Waals surface area (Å²) in [6, 6.07) is 0. The second-order valence-corrected chi connectivity index (χ2v) is 4.58. The Balaban J connectivity index is 2.10. The number of nitrogens with one attached hydrogen (secondary N) is 1. The van der Waals surface area contributed by atoms with Crippen LogP contribution < -0.4 is 11.1 Å². The number of carbonyl (C=O) groups is 1. The molecule has 0 aromatic heterocycles. The summed E-state index contributed by atoms with van der Waals surface area (Å²) in [7, 11) is 1.72. The van der Waals surface area contributed by atoms with E-state index in [1.54, 1.807) is 7.05 Å². The number of amides is 1. The zero-order chi connectivity index (χ0) is 11.8. The van der Waals surface area contributed by atoms with Gasteiger partial charge in [0.1, 0.15) is 0 Å². The lowest BCUT2D eigenvalue weighted by Gasteiger charge is -2.30. The molecule has 0 aromatic rings. The number of likely N-dealkylation sites (tertiary alicyclic amines) is 1. The quantitative estimate of drug-likeness (QED) is 0.652. The van der Waals surface area contributed by atoms with Crippen molar-refractivity contribution in [3.05, 3.63) is 0 Å². The standard InChI is InChI=1S/C12H25N3O/c1-14-12(16)11-5-9-15(10-6-11)8-4-2-3-7-13/h11H,2-10,13H2,1H3,(H,14,16). The molecule has 16 heavy (non-hydrogen) atoms. The Bertz CT molecular complexity index is 200. The van der Waals surface area contributed by atoms with Gasteiger partial charge in [-0.05, 0) is 51.9 Å². The Morgan fingerprint density at radius 2 is 2.00 bits per heavy atom. The minimum absolute atomic E-state index is 0.211. The van der Waals surface area contributed by atoms with Gasteiger partial charge in [0.25, 0.3) is 0 Å². The number of nitrogens with two attached hydrogens (primary N) is 1. The highest BCUT2D eigenvalue weighted by Gasteiger charge is 2.23. The van der Waals surface area contributed by atoms with Crippen LogP contribution in [-0.2, 0) is 4.79 Å². The van der Waals surface area contributed by atoms with E-state index in [4.69, 9.17) is 5.73 Å². The lowest BCUT2D eigenvalue weighted by atomic mass is 9.96. The Morgan fingerprint density at radius 1 is 1.31 bits per heavy atom. The van der Waals surface area contributed by atoms with Gasteiger partial charge in [-0.15, -0.1) is 0 Å². The summed E-state index contributed by atoms with van der Waals surface area (Å²) in [5.41, 5.74) is 5.46. The van der Waals surface area contributed by atoms with E-state index in [9.17, 15) is 4.79 Å². The van der Waals surface area contributed by atoms with Gasteiger partial charge in [0.05, 0.1) is 0 Å². The predicted molar refractivity (Wildman–Crippen MR) is 66.1 cm³/mol. The van der Waals surface area contributed by atoms with Crippen LogP contribution in [0.15, 0.2) is 0 Å². The normalized spacial score (nSPS) is 18.6. The van der Waals surface area contributed by atoms with Crippen LogP contribution in [0.1, 0.15) is 32.1 Å². The molecule has 1 aliphatic heterocycles. The van der Waals surface area contributed by atoms with Crippen molar-refractivity contribution in [1.82, 2.24) is 10.2 Å². The summed E-state index contributed by atoms with van der Waals surface area (Å²) in [5.74, 6) is 0.452. The smallest absolute Gasteiger partial charge is 0.222 e. The van der Waals surface area contributed by atoms with Gasteiger partial charge in [-0.3, -0.25) is 4.79 Å². The fourth-order valence-corrected chi connectivity index (χ4v) is 2.28. The van der Waals surface area contributed by atoms with Gasteiger partial charge in [0.15, 0.2) is 0 Å². The van der Waals surface area contributed by atoms with Crippen molar-refractivity contribution in [2.24, 2.45) is 11.7 Å². The lowest BCUT2D eigenvalue weighted by Crippen LogP contribution is -2.39. The average molecular weight is 227 g/mol. The average Bonchev–Trinajstić information content (AvgIpc) is 2.34. The molecule has 0 aliphatic carbocycles. The van der Waals surface area contributed by atoms with Crippen molar-refractivity contribution >= 4 is 5.91 Å². The van der Waals surface area contributed by atoms with E-state index in [0.717, 1.165) is 38.9 Å². The zero-order valence-electron chi connectivity index (χ0n) is 10.4. The van der Waals surface area contributed by atoms with Gasteiger partial charge in [-0.25, -0.2) is 0 Å². The molecule has 0 bridgehead atoms. The molecule has 0 atom stereocenters. The van der Waals surface area contributed by atoms with Crippen LogP contribution in [0.25, 0.3) is 0 Å². The molecule has 4 heteroatoms. The van der Waals surface area contributed by atoms with Crippen LogP contribution in [0.5, 0.6) is 0 Å². The highest BCUT2D eigenvalue weighted by Crippen LogP contribution is 2.17. The molecule has 0 aromatic carbocycles. The summed E-state index contributed by atoms with van der Waals surface area (Å²) in [4.78, 5) is 13.9. The van der Waals surface area contributed by atoms with Crippen molar-refractivity contribution in [1.29, 1.82) is 0 Å². The molecule has 94 valence electrons. The SMILES string of the molecule is CNC(=O)C1CCN(CCCCCN)CC1. The van der Waals surface area contributed by atoms with Crippen molar-refractivity contribution < 1.29 is 4.79 Å². The van der Waals surface area contributed by atoms with E-state index >= 15 is 0 Å². The third kappa shape index (κ3) is 4.49. The third-order valence-corrected chi connectivity index (χ3v) is 3.38. The van der Waals surface area contributed by atoms with Crippen LogP contribution in [0, 0.1) is 5.92 Å². The number of rotatable bonds is 6. The second kappa shape index (κ2) is 7.63. The zero-order valence-corrected chi connectivity index (χ0v) is 10.4. The van der Waals surface area contributed by atoms with Gasteiger partial charge in [-0.1, -0.05) is 6.42 Å². The second-order valence-electron chi connectivity index (χ2n) is 4.58. The van der Waals surface area contributed by atoms with E-state index in [1.165, 1.54) is 19.4 Å². The molecule has 4 nitrogen and oxygen atoms in total. The van der Waals surface area contributed by atoms with E-state index in [0.29, 0.717) is 0 Å². The Morgan fingerprint density at radius 3 is 2.56 bits per heavy atom. The predicted octanol–water partition coefficient (Wildman–Crippen LogP) is 0.573. The van der Waals surface area contributed by atoms with E-state index < -0.39 is 0 Å². The van der Waals surface area contributed by atoms with Gasteiger partial charge in [0, 0.05) is 13.0 Å². The summed E-state index contributed by atoms with van der Waals surface area (Å²) >= 11 is 0. The molecule has 1 aliphatic rings. The third-order valence-electron chi connectivity index (χ3n) is 3.38. The molecule has 3 N–H and O–H groups in total. The fourth-order valence-electron chi connectivity index (χ4n) is 2.28. The molecular formula is C12H25N3O. The molecule has 0 radical (unpaired) electrons. The van der Waals surface area contributed by atoms with E-state index in [1.807, 2.05) is 0 Å². The summed E-state index contributed by atoms with van der Waals surface area (Å²) in [6.45, 7) is 4.11. The van der Waals surface area contributed by atoms with Crippen molar-refractivity contribution in [3.8, 4) is 0 Å². The number of hydrogen-bond acceptors (Lipinski definition) is 3. The largest absolute Gasteiger partial charge is 0.359 e. The van der Waals surface area contributed by atoms with Crippen LogP contribution in [0.3, 0.4) is 0 Å². The molecule has 1 amide bonds. The molecule has 1 heterocycles. The van der Waals surface area contributed by atoms with Gasteiger partial charge in [0.2, 0.25) is 5.91 Å². The summed E-state index contributed by atoms with van der Waals surface area (Å²) < 4.78 is 0. The van der Waals surface area contributed by atoms with Crippen LogP contribution >= 0.6 is 0 Å². The Labute approximate surface area is 98.6 Å². The van der Waals surface area contributed by atoms with Crippen molar-refractivity contribution in [3.63, 3.8) is 0 Å². The fraction of sp³-hybridized carbons (Fsp3) is 0.917. The topological polar surface area (TPSA) is 58.4 Å². The molecule has 0 spiro atoms. The maximum Gasteiger partial charge on any atom is 0.222 e. The van der Waals surface area contributed by atoms with Crippen molar-refractivity contribution in [2.45, 2.75) is 32.1 Å². The first-order chi connectivity index (χ1) is 7.77. The minimum atomic E-state index is 0.211. The molecule has 1 rings (SSSR count). The van der Waals surface area contributed by atoms with Gasteiger partial charge >= 0.3 is 0 Å². The van der Waals surface area contributed by atoms with Crippen LogP contribution in [-0.4, -0.2) is 44.0 Å². The monoisotopic (exact) mass is 227 g/mol. The summed E-state index contributed by atoms with van der Waals surface area (Å²) in [6.07, 6.45) is 5.62. The van der Waals surface area contributed by atoms with Gasteiger partial charge in [-0.2, -0.15) is 0 Å². The highest BCUT2D eigenvalue weighted by atomic mass is 16.1. The number of piperidine rings is 1. The molecule has 0 unspecified atom stereocenters. The van der Waals surface area contributed by atoms with E-state index in [-0.39, 0.29) is 11.8 Å². The van der Waals surface area contributed by atoms with Crippen molar-refractivity contribution in [2.75, 3.05) is 33.2 Å². The Hall–Kier alpha value is -0.610. The van der Waals surface area contributed by atoms with Crippen LogP contribution in [0.2, 0.25) is 0 Å². The van der Waals surface area contributed by atoms with E-state index in [2.05, 4.69) is 10.2 Å². The number of unbranched alkanes of at least 4 members (excludes halogenated alkanes) is 2. The Kier molecular flexibility index (Phi) is 6.42. The maximum atomic E-state index is 11.4. The number of carbonyl (C=O) groups excluding carboxylic acids is 1. The maximum absolute atomic E-state index is 11.4. The first kappa shape index (κ1) is 13.5. The molecular weight excluding hydrogens is 202 g/mol. The van der Waals surface area contributed by atoms with Crippen LogP contribution in [0.4, 0.5) is 0 Å². The lowest BCUT2D eigenvalue weighted by molar-refractivity contribution is -0.125. The first-order valence-corrected chi connectivity index (χ1v) is 6.42. The molecule has 0 saturated carbocycles. The summed E-state index contributed by atoms with van der Waals surface area (Å²) in [5, 5.41) is 2.74. The van der Waals surface area contributed by atoms with Gasteiger partial charge < -0.3 is 16.0 Å². The molecule has 1 saturated heterocycles. The minimum Gasteiger partial charge on any atom is -0.359 e. The molecule has 1 fully saturated rings. The first-order valence-electron chi connectivity index (χ1n) is 6.42. The number of hydrogen-bond donors (Lipinski definition) is 2.